The number of nitrogens with zero attached hydrogens (tertiary/aromatic N) is 3. The average Bonchev–Trinajstić information content (AvgIpc) is 2.66. The Hall–Kier alpha value is -1.87. The van der Waals surface area contributed by atoms with Crippen LogP contribution in [0.4, 0.5) is 0 Å². The second-order valence-corrected chi connectivity index (χ2v) is 4.93. The van der Waals surface area contributed by atoms with E-state index in [1.54, 1.807) is 6.92 Å². The van der Waals surface area contributed by atoms with Gasteiger partial charge in [0.1, 0.15) is 0 Å². The maximum atomic E-state index is 11.6. The number of carbonyl (C=O) groups excluding carboxylic acids is 1. The molecule has 0 aliphatic heterocycles. The molecule has 0 aliphatic rings. The highest BCUT2D eigenvalue weighted by Gasteiger charge is 2.13. The van der Waals surface area contributed by atoms with Crippen LogP contribution in [-0.4, -0.2) is 33.4 Å². The van der Waals surface area contributed by atoms with Gasteiger partial charge in [0.05, 0.1) is 30.8 Å². The molecule has 0 aliphatic carbocycles. The van der Waals surface area contributed by atoms with Crippen LogP contribution >= 0.6 is 0 Å². The first-order chi connectivity index (χ1) is 9.45. The molecule has 0 bridgehead atoms. The van der Waals surface area contributed by atoms with Crippen molar-refractivity contribution in [3.05, 3.63) is 17.0 Å². The zero-order valence-corrected chi connectivity index (χ0v) is 12.3. The summed E-state index contributed by atoms with van der Waals surface area (Å²) >= 11 is 0. The van der Waals surface area contributed by atoms with Gasteiger partial charge in [-0.15, -0.1) is 0 Å². The van der Waals surface area contributed by atoms with Crippen LogP contribution in [0.2, 0.25) is 0 Å². The van der Waals surface area contributed by atoms with Crippen molar-refractivity contribution in [3.8, 4) is 6.07 Å². The Kier molecular flexibility index (Phi) is 6.19. The number of rotatable bonds is 7. The van der Waals surface area contributed by atoms with E-state index in [4.69, 9.17) is 10.4 Å². The number of nitrogens with one attached hydrogen (secondary N) is 1. The first-order valence-corrected chi connectivity index (χ1v) is 6.80. The summed E-state index contributed by atoms with van der Waals surface area (Å²) in [5.74, 6) is -0.0746. The minimum absolute atomic E-state index is 0.0746. The number of aryl methyl sites for hydroxylation is 2. The molecule has 2 N–H and O–H groups in total. The highest BCUT2D eigenvalue weighted by Crippen LogP contribution is 2.15. The normalized spacial score (nSPS) is 11.9. The van der Waals surface area contributed by atoms with Gasteiger partial charge in [-0.3, -0.25) is 9.48 Å². The molecule has 1 aromatic heterocycles. The Balaban J connectivity index is 2.58. The molecule has 1 aromatic rings. The van der Waals surface area contributed by atoms with Gasteiger partial charge in [0.15, 0.2) is 0 Å². The first kappa shape index (κ1) is 16.2. The SMILES string of the molecule is Cc1nn(CCC#N)c(C)c1CCC(=O)NCC(C)O. The van der Waals surface area contributed by atoms with Crippen LogP contribution in [0.1, 0.15) is 36.7 Å². The van der Waals surface area contributed by atoms with Crippen molar-refractivity contribution in [2.45, 2.75) is 52.7 Å². The third-order valence-corrected chi connectivity index (χ3v) is 3.16. The number of aromatic nitrogens is 2. The number of hydrogen-bond acceptors (Lipinski definition) is 4. The highest BCUT2D eigenvalue weighted by atomic mass is 16.3. The van der Waals surface area contributed by atoms with E-state index in [-0.39, 0.29) is 12.5 Å². The highest BCUT2D eigenvalue weighted by molar-refractivity contribution is 5.76. The lowest BCUT2D eigenvalue weighted by atomic mass is 10.1. The van der Waals surface area contributed by atoms with Crippen LogP contribution in [0, 0.1) is 25.2 Å². The van der Waals surface area contributed by atoms with E-state index in [1.165, 1.54) is 0 Å². The third kappa shape index (κ3) is 4.67. The quantitative estimate of drug-likeness (QED) is 0.773. The first-order valence-electron chi connectivity index (χ1n) is 6.80. The monoisotopic (exact) mass is 278 g/mol. The summed E-state index contributed by atoms with van der Waals surface area (Å²) < 4.78 is 1.82. The van der Waals surface area contributed by atoms with Crippen molar-refractivity contribution in [2.24, 2.45) is 0 Å². The van der Waals surface area contributed by atoms with Gasteiger partial charge in [0.2, 0.25) is 5.91 Å². The molecule has 0 spiro atoms. The molecular weight excluding hydrogens is 256 g/mol. The summed E-state index contributed by atoms with van der Waals surface area (Å²) in [5.41, 5.74) is 2.99. The standard InChI is InChI=1S/C14H22N4O2/c1-10(19)9-16-14(20)6-5-13-11(2)17-18(12(13)3)8-4-7-15/h10,19H,4-6,8-9H2,1-3H3,(H,16,20). The molecule has 0 saturated heterocycles. The Morgan fingerprint density at radius 2 is 2.25 bits per heavy atom. The molecule has 6 nitrogen and oxygen atoms in total. The zero-order valence-electron chi connectivity index (χ0n) is 12.3. The Bertz CT molecular complexity index is 500. The topological polar surface area (TPSA) is 90.9 Å². The van der Waals surface area contributed by atoms with E-state index in [0.29, 0.717) is 25.8 Å². The summed E-state index contributed by atoms with van der Waals surface area (Å²) in [6.07, 6.45) is 0.890. The van der Waals surface area contributed by atoms with Gasteiger partial charge in [0, 0.05) is 18.7 Å². The van der Waals surface area contributed by atoms with Crippen molar-refractivity contribution >= 4 is 5.91 Å². The second-order valence-electron chi connectivity index (χ2n) is 4.93. The van der Waals surface area contributed by atoms with E-state index in [9.17, 15) is 4.79 Å². The summed E-state index contributed by atoms with van der Waals surface area (Å²) in [6.45, 7) is 6.36. The maximum absolute atomic E-state index is 11.6. The zero-order chi connectivity index (χ0) is 15.1. The Morgan fingerprint density at radius 1 is 1.55 bits per heavy atom. The molecule has 0 aromatic carbocycles. The minimum Gasteiger partial charge on any atom is -0.392 e. The molecule has 0 saturated carbocycles. The summed E-state index contributed by atoms with van der Waals surface area (Å²) in [5, 5.41) is 24.8. The van der Waals surface area contributed by atoms with E-state index >= 15 is 0 Å². The molecule has 0 fully saturated rings. The van der Waals surface area contributed by atoms with Crippen molar-refractivity contribution in [3.63, 3.8) is 0 Å². The van der Waals surface area contributed by atoms with Crippen LogP contribution in [0.3, 0.4) is 0 Å². The fraction of sp³-hybridized carbons (Fsp3) is 0.643. The molecule has 1 unspecified atom stereocenters. The van der Waals surface area contributed by atoms with Crippen LogP contribution in [-0.2, 0) is 17.8 Å². The van der Waals surface area contributed by atoms with Gasteiger partial charge in [-0.25, -0.2) is 0 Å². The molecule has 0 radical (unpaired) electrons. The van der Waals surface area contributed by atoms with Crippen LogP contribution in [0.5, 0.6) is 0 Å². The van der Waals surface area contributed by atoms with Crippen molar-refractivity contribution in [2.75, 3.05) is 6.54 Å². The molecule has 1 amide bonds. The lowest BCUT2D eigenvalue weighted by Crippen LogP contribution is -2.30. The maximum Gasteiger partial charge on any atom is 0.220 e. The number of carbonyl (C=O) groups is 1. The Labute approximate surface area is 119 Å². The number of aliphatic hydroxyl groups is 1. The largest absolute Gasteiger partial charge is 0.392 e. The van der Waals surface area contributed by atoms with Crippen LogP contribution < -0.4 is 5.32 Å². The predicted molar refractivity (Wildman–Crippen MR) is 74.9 cm³/mol. The summed E-state index contributed by atoms with van der Waals surface area (Å²) in [6, 6.07) is 2.10. The minimum atomic E-state index is -0.531. The van der Waals surface area contributed by atoms with Gasteiger partial charge in [-0.2, -0.15) is 10.4 Å². The smallest absolute Gasteiger partial charge is 0.220 e. The lowest BCUT2D eigenvalue weighted by Gasteiger charge is -2.07. The van der Waals surface area contributed by atoms with E-state index in [2.05, 4.69) is 16.5 Å². The fourth-order valence-corrected chi connectivity index (χ4v) is 2.06. The van der Waals surface area contributed by atoms with Gasteiger partial charge >= 0.3 is 0 Å². The van der Waals surface area contributed by atoms with Gasteiger partial charge in [0.25, 0.3) is 0 Å². The molecule has 1 heterocycles. The van der Waals surface area contributed by atoms with Crippen LogP contribution in [0.25, 0.3) is 0 Å². The van der Waals surface area contributed by atoms with E-state index in [0.717, 1.165) is 17.0 Å². The average molecular weight is 278 g/mol. The molecule has 20 heavy (non-hydrogen) atoms. The summed E-state index contributed by atoms with van der Waals surface area (Å²) in [4.78, 5) is 11.6. The molecule has 1 rings (SSSR count). The molecule has 1 atom stereocenters. The van der Waals surface area contributed by atoms with E-state index < -0.39 is 6.10 Å². The van der Waals surface area contributed by atoms with Crippen LogP contribution in [0.15, 0.2) is 0 Å². The second kappa shape index (κ2) is 7.65. The molecule has 6 heteroatoms. The van der Waals surface area contributed by atoms with Crippen molar-refractivity contribution < 1.29 is 9.90 Å². The fourth-order valence-electron chi connectivity index (χ4n) is 2.06. The van der Waals surface area contributed by atoms with E-state index in [1.807, 2.05) is 18.5 Å². The van der Waals surface area contributed by atoms with Crippen molar-refractivity contribution in [1.82, 2.24) is 15.1 Å². The van der Waals surface area contributed by atoms with Crippen molar-refractivity contribution in [1.29, 1.82) is 5.26 Å². The number of nitriles is 1. The summed E-state index contributed by atoms with van der Waals surface area (Å²) in [7, 11) is 0. The van der Waals surface area contributed by atoms with Gasteiger partial charge in [-0.1, -0.05) is 0 Å². The van der Waals surface area contributed by atoms with Gasteiger partial charge < -0.3 is 10.4 Å². The lowest BCUT2D eigenvalue weighted by molar-refractivity contribution is -0.121. The number of aliphatic hydroxyl groups excluding tert-OH is 1. The predicted octanol–water partition coefficient (Wildman–Crippen LogP) is 0.843. The Morgan fingerprint density at radius 3 is 2.85 bits per heavy atom. The molecule has 110 valence electrons. The molecular formula is C14H22N4O2. The number of hydrogen-bond donors (Lipinski definition) is 2. The van der Waals surface area contributed by atoms with Gasteiger partial charge in [-0.05, 0) is 32.8 Å². The number of amides is 1. The third-order valence-electron chi connectivity index (χ3n) is 3.16.